The molecule has 0 fully saturated rings. The Hall–Kier alpha value is -2.81. The van der Waals surface area contributed by atoms with E-state index in [4.69, 9.17) is 4.74 Å². The minimum atomic E-state index is -4.91. The molecule has 15 heteroatoms. The summed E-state index contributed by atoms with van der Waals surface area (Å²) in [5.74, 6) is -2.72. The van der Waals surface area contributed by atoms with Crippen LogP contribution in [0, 0.1) is 0 Å². The molecule has 0 radical (unpaired) electrons. The molecule has 1 aliphatic heterocycles. The maximum absolute atomic E-state index is 12.7. The van der Waals surface area contributed by atoms with Gasteiger partial charge in [-0.25, -0.2) is 13.2 Å². The van der Waals surface area contributed by atoms with E-state index in [1.165, 1.54) is 6.07 Å². The second-order valence-corrected chi connectivity index (χ2v) is 10.2. The third kappa shape index (κ3) is 6.83. The fourth-order valence-electron chi connectivity index (χ4n) is 3.09. The molecule has 1 aromatic heterocycles. The van der Waals surface area contributed by atoms with Crippen LogP contribution < -0.4 is 9.62 Å². The van der Waals surface area contributed by atoms with E-state index in [1.54, 1.807) is 27.0 Å². The zero-order chi connectivity index (χ0) is 24.4. The molecule has 1 N–H and O–H groups in total. The summed E-state index contributed by atoms with van der Waals surface area (Å²) < 4.78 is 69.2. The van der Waals surface area contributed by atoms with Gasteiger partial charge in [-0.05, 0) is 44.4 Å². The van der Waals surface area contributed by atoms with Crippen LogP contribution in [-0.2, 0) is 21.2 Å². The first-order valence-electron chi connectivity index (χ1n) is 9.74. The van der Waals surface area contributed by atoms with Gasteiger partial charge in [-0.3, -0.25) is 4.72 Å². The number of hydrogen-bond acceptors (Lipinski definition) is 10. The highest BCUT2D eigenvalue weighted by molar-refractivity contribution is 7.92. The third-order valence-corrected chi connectivity index (χ3v) is 6.37. The van der Waals surface area contributed by atoms with Gasteiger partial charge in [0.15, 0.2) is 5.75 Å². The van der Waals surface area contributed by atoms with E-state index in [0.717, 1.165) is 23.3 Å². The van der Waals surface area contributed by atoms with Crippen LogP contribution in [0.3, 0.4) is 0 Å². The lowest BCUT2D eigenvalue weighted by Gasteiger charge is -2.28. The normalized spacial score (nSPS) is 14.6. The molecule has 33 heavy (non-hydrogen) atoms. The van der Waals surface area contributed by atoms with Crippen molar-refractivity contribution in [3.05, 3.63) is 22.7 Å². The van der Waals surface area contributed by atoms with Gasteiger partial charge >= 0.3 is 12.1 Å². The number of anilines is 2. The first-order valence-corrected chi connectivity index (χ1v) is 12.2. The lowest BCUT2D eigenvalue weighted by Crippen LogP contribution is -2.28. The number of alkyl halides is 3. The van der Waals surface area contributed by atoms with Gasteiger partial charge in [0, 0.05) is 19.3 Å². The molecule has 0 aliphatic carbocycles. The van der Waals surface area contributed by atoms with Gasteiger partial charge in [-0.2, -0.15) is 13.2 Å². The number of hydrogen-bond donors (Lipinski definition) is 1. The fraction of sp³-hybridized carbons (Fsp3) is 0.500. The van der Waals surface area contributed by atoms with Crippen LogP contribution in [0.25, 0.3) is 0 Å². The molecule has 2 heterocycles. The van der Waals surface area contributed by atoms with E-state index < -0.39 is 27.9 Å². The van der Waals surface area contributed by atoms with Crippen LogP contribution in [0.1, 0.15) is 35.6 Å². The predicted molar refractivity (Wildman–Crippen MR) is 116 cm³/mol. The summed E-state index contributed by atoms with van der Waals surface area (Å²) in [6, 6.07) is 3.00. The number of fused-ring (bicyclic) bond motifs is 1. The van der Waals surface area contributed by atoms with Crippen molar-refractivity contribution in [3.8, 4) is 0 Å². The molecule has 0 amide bonds. The maximum Gasteiger partial charge on any atom is 0.404 e. The molecule has 0 saturated carbocycles. The van der Waals surface area contributed by atoms with Crippen molar-refractivity contribution in [3.63, 3.8) is 0 Å². The highest BCUT2D eigenvalue weighted by Gasteiger charge is 2.35. The summed E-state index contributed by atoms with van der Waals surface area (Å²) >= 11 is 0.805. The van der Waals surface area contributed by atoms with E-state index in [-0.39, 0.29) is 27.6 Å². The number of halogens is 3. The predicted octanol–water partition coefficient (Wildman–Crippen LogP) is 4.21. The number of aryl methyl sites for hydroxylation is 1. The van der Waals surface area contributed by atoms with Gasteiger partial charge in [0.25, 0.3) is 5.13 Å². The largest absolute Gasteiger partial charge is 0.458 e. The van der Waals surface area contributed by atoms with Gasteiger partial charge in [0.05, 0.1) is 11.8 Å². The van der Waals surface area contributed by atoms with Crippen molar-refractivity contribution in [1.29, 1.82) is 0 Å². The molecule has 0 bridgehead atoms. The Balaban J connectivity index is 1.93. The zero-order valence-corrected chi connectivity index (χ0v) is 19.5. The Morgan fingerprint density at radius 1 is 1.30 bits per heavy atom. The number of aromatic nitrogens is 2. The molecule has 10 nitrogen and oxygen atoms in total. The van der Waals surface area contributed by atoms with Gasteiger partial charge in [0.2, 0.25) is 15.0 Å². The first-order chi connectivity index (χ1) is 15.3. The molecule has 3 rings (SSSR count). The molecule has 180 valence electrons. The number of carbonyl (C=O) groups excluding carboxylic acids is 1. The molecular formula is C18H21F3N6O4S2. The molecule has 0 spiro atoms. The Morgan fingerprint density at radius 2 is 2.03 bits per heavy atom. The molecule has 1 aliphatic rings. The van der Waals surface area contributed by atoms with E-state index in [9.17, 15) is 26.4 Å². The lowest BCUT2D eigenvalue weighted by atomic mass is 10.0. The molecule has 0 atom stereocenters. The number of azo groups is 1. The second-order valence-electron chi connectivity index (χ2n) is 7.54. The van der Waals surface area contributed by atoms with Crippen molar-refractivity contribution in [2.24, 2.45) is 10.2 Å². The quantitative estimate of drug-likeness (QED) is 0.440. The number of esters is 1. The van der Waals surface area contributed by atoms with Crippen LogP contribution in [0.15, 0.2) is 22.4 Å². The Morgan fingerprint density at radius 3 is 2.70 bits per heavy atom. The summed E-state index contributed by atoms with van der Waals surface area (Å²) in [5.41, 5.74) is 1.38. The van der Waals surface area contributed by atoms with Crippen LogP contribution in [0.4, 0.5) is 35.4 Å². The van der Waals surface area contributed by atoms with Crippen LogP contribution in [0.2, 0.25) is 0 Å². The van der Waals surface area contributed by atoms with Gasteiger partial charge in [-0.1, -0.05) is 11.3 Å². The fourth-order valence-corrected chi connectivity index (χ4v) is 4.64. The average molecular weight is 507 g/mol. The van der Waals surface area contributed by atoms with Gasteiger partial charge in [-0.15, -0.1) is 20.4 Å². The van der Waals surface area contributed by atoms with Crippen molar-refractivity contribution < 1.29 is 31.1 Å². The number of sulfonamides is 1. The van der Waals surface area contributed by atoms with Crippen molar-refractivity contribution >= 4 is 49.5 Å². The van der Waals surface area contributed by atoms with E-state index in [2.05, 4.69) is 20.4 Å². The summed E-state index contributed by atoms with van der Waals surface area (Å²) in [4.78, 5) is 13.8. The second kappa shape index (κ2) is 9.59. The molecule has 0 unspecified atom stereocenters. The highest BCUT2D eigenvalue weighted by Crippen LogP contribution is 2.38. The van der Waals surface area contributed by atoms with Crippen LogP contribution in [-0.4, -0.2) is 56.2 Å². The first kappa shape index (κ1) is 24.8. The van der Waals surface area contributed by atoms with E-state index in [1.807, 2.05) is 9.62 Å². The van der Waals surface area contributed by atoms with Crippen molar-refractivity contribution in [2.75, 3.05) is 29.0 Å². The average Bonchev–Trinajstić information content (AvgIpc) is 3.13. The summed E-state index contributed by atoms with van der Waals surface area (Å²) in [5, 5.41) is 15.2. The van der Waals surface area contributed by atoms with Crippen LogP contribution >= 0.6 is 11.3 Å². The van der Waals surface area contributed by atoms with Crippen molar-refractivity contribution in [1.82, 2.24) is 10.2 Å². The minimum Gasteiger partial charge on any atom is -0.458 e. The van der Waals surface area contributed by atoms with Crippen molar-refractivity contribution in [2.45, 2.75) is 39.0 Å². The monoisotopic (exact) mass is 506 g/mol. The SMILES string of the molecule is CC(C)OC(=O)c1nnc(N=Nc2cc3c(cc2NS(=O)(=O)CC(F)(F)F)N(C)CCC3)s1. The smallest absolute Gasteiger partial charge is 0.404 e. The number of rotatable bonds is 7. The highest BCUT2D eigenvalue weighted by atomic mass is 32.2. The number of benzene rings is 1. The molecule has 2 aromatic rings. The Bertz CT molecular complexity index is 1160. The van der Waals surface area contributed by atoms with Gasteiger partial charge < -0.3 is 9.64 Å². The lowest BCUT2D eigenvalue weighted by molar-refractivity contribution is -0.106. The molecule has 0 saturated heterocycles. The zero-order valence-electron chi connectivity index (χ0n) is 17.9. The number of ether oxygens (including phenoxy) is 1. The topological polar surface area (TPSA) is 126 Å². The molecular weight excluding hydrogens is 485 g/mol. The maximum atomic E-state index is 12.7. The van der Waals surface area contributed by atoms with Gasteiger partial charge in [0.1, 0.15) is 5.69 Å². The third-order valence-electron chi connectivity index (χ3n) is 4.34. The number of nitrogens with zero attached hydrogens (tertiary/aromatic N) is 5. The Labute approximate surface area is 191 Å². The summed E-state index contributed by atoms with van der Waals surface area (Å²) in [6.45, 7) is 4.06. The van der Waals surface area contributed by atoms with E-state index in [0.29, 0.717) is 18.7 Å². The van der Waals surface area contributed by atoms with E-state index >= 15 is 0 Å². The minimum absolute atomic E-state index is 0.00959. The Kier molecular flexibility index (Phi) is 7.21. The number of carbonyl (C=O) groups is 1. The molecule has 1 aromatic carbocycles. The van der Waals surface area contributed by atoms with Crippen LogP contribution in [0.5, 0.6) is 0 Å². The standard InChI is InChI=1S/C18H21F3N6O4S2/c1-10(2)31-16(28)15-23-25-17(32-15)24-22-12-7-11-5-4-6-27(3)14(11)8-13(12)26-33(29,30)9-18(19,20)21/h7-8,10,26H,4-6,9H2,1-3H3. The number of nitrogens with one attached hydrogen (secondary N) is 1. The summed E-state index contributed by atoms with van der Waals surface area (Å²) in [7, 11) is -2.94. The summed E-state index contributed by atoms with van der Waals surface area (Å²) in [6.07, 6.45) is -3.74.